The normalized spacial score (nSPS) is 10.6. The zero-order valence-electron chi connectivity index (χ0n) is 10.5. The summed E-state index contributed by atoms with van der Waals surface area (Å²) in [5.41, 5.74) is 0. The lowest BCUT2D eigenvalue weighted by atomic mass is 10.3. The molecule has 5 heteroatoms. The number of carbonyl (C=O) groups is 2. The van der Waals surface area contributed by atoms with Crippen molar-refractivity contribution < 1.29 is 19.1 Å². The van der Waals surface area contributed by atoms with Crippen LogP contribution in [0.1, 0.15) is 27.7 Å². The fraction of sp³-hybridized carbons (Fsp3) is 0.818. The molecule has 0 aromatic heterocycles. The number of esters is 2. The molecule has 0 atom stereocenters. The van der Waals surface area contributed by atoms with Gasteiger partial charge >= 0.3 is 11.9 Å². The van der Waals surface area contributed by atoms with Crippen molar-refractivity contribution in [3.8, 4) is 0 Å². The van der Waals surface area contributed by atoms with E-state index in [1.807, 2.05) is 13.8 Å². The Kier molecular flexibility index (Phi) is 7.54. The van der Waals surface area contributed by atoms with Crippen LogP contribution in [0, 0.1) is 0 Å². The van der Waals surface area contributed by atoms with Crippen molar-refractivity contribution in [1.29, 1.82) is 0 Å². The Balaban J connectivity index is 3.79. The summed E-state index contributed by atoms with van der Waals surface area (Å²) in [6.07, 6.45) is 0. The molecule has 16 heavy (non-hydrogen) atoms. The van der Waals surface area contributed by atoms with E-state index in [9.17, 15) is 9.59 Å². The summed E-state index contributed by atoms with van der Waals surface area (Å²) < 4.78 is 9.72. The highest BCUT2D eigenvalue weighted by atomic mass is 16.5. The Bertz CT molecular complexity index is 208. The van der Waals surface area contributed by atoms with Crippen molar-refractivity contribution in [3.05, 3.63) is 0 Å². The van der Waals surface area contributed by atoms with E-state index in [-0.39, 0.29) is 11.9 Å². The average molecular weight is 231 g/mol. The van der Waals surface area contributed by atoms with E-state index in [4.69, 9.17) is 9.47 Å². The van der Waals surface area contributed by atoms with E-state index in [2.05, 4.69) is 4.90 Å². The predicted octanol–water partition coefficient (Wildman–Crippen LogP) is 0.823. The Hall–Kier alpha value is -1.10. The second kappa shape index (κ2) is 8.10. The first-order chi connectivity index (χ1) is 7.43. The van der Waals surface area contributed by atoms with Crippen molar-refractivity contribution in [2.45, 2.75) is 33.7 Å². The third-order valence-corrected chi connectivity index (χ3v) is 2.10. The van der Waals surface area contributed by atoms with Gasteiger partial charge in [-0.3, -0.25) is 14.5 Å². The fourth-order valence-corrected chi connectivity index (χ4v) is 1.24. The summed E-state index contributed by atoms with van der Waals surface area (Å²) in [5, 5.41) is 0. The van der Waals surface area contributed by atoms with Crippen molar-refractivity contribution in [3.63, 3.8) is 0 Å². The smallest absolute Gasteiger partial charge is 0.302 e. The van der Waals surface area contributed by atoms with E-state index >= 15 is 0 Å². The van der Waals surface area contributed by atoms with Gasteiger partial charge in [0.15, 0.2) is 0 Å². The monoisotopic (exact) mass is 231 g/mol. The van der Waals surface area contributed by atoms with Gasteiger partial charge in [-0.1, -0.05) is 0 Å². The van der Waals surface area contributed by atoms with Crippen LogP contribution in [0.3, 0.4) is 0 Å². The van der Waals surface area contributed by atoms with E-state index in [1.165, 1.54) is 13.8 Å². The number of hydrogen-bond acceptors (Lipinski definition) is 5. The first-order valence-corrected chi connectivity index (χ1v) is 5.44. The highest BCUT2D eigenvalue weighted by Crippen LogP contribution is 1.98. The molecule has 0 aliphatic heterocycles. The van der Waals surface area contributed by atoms with Crippen LogP contribution in [-0.4, -0.2) is 49.2 Å². The summed E-state index contributed by atoms with van der Waals surface area (Å²) in [7, 11) is 0. The number of ether oxygens (including phenoxy) is 2. The van der Waals surface area contributed by atoms with Crippen LogP contribution in [0.4, 0.5) is 0 Å². The molecule has 0 spiro atoms. The first kappa shape index (κ1) is 14.9. The lowest BCUT2D eigenvalue weighted by molar-refractivity contribution is -0.141. The summed E-state index contributed by atoms with van der Waals surface area (Å²) in [4.78, 5) is 23.3. The molecule has 0 rings (SSSR count). The molecule has 0 N–H and O–H groups in total. The molecular formula is C11H21NO4. The van der Waals surface area contributed by atoms with Crippen LogP contribution in [0.15, 0.2) is 0 Å². The zero-order chi connectivity index (χ0) is 12.6. The van der Waals surface area contributed by atoms with Gasteiger partial charge in [-0.25, -0.2) is 0 Å². The van der Waals surface area contributed by atoms with Crippen molar-refractivity contribution in [1.82, 2.24) is 4.90 Å². The van der Waals surface area contributed by atoms with Gasteiger partial charge < -0.3 is 9.47 Å². The molecule has 0 bridgehead atoms. The molecule has 0 saturated heterocycles. The van der Waals surface area contributed by atoms with Crippen LogP contribution in [0.2, 0.25) is 0 Å². The van der Waals surface area contributed by atoms with Gasteiger partial charge in [0, 0.05) is 33.0 Å². The predicted molar refractivity (Wildman–Crippen MR) is 60.0 cm³/mol. The maximum Gasteiger partial charge on any atom is 0.302 e. The molecule has 0 aliphatic carbocycles. The van der Waals surface area contributed by atoms with Crippen LogP contribution in [0.25, 0.3) is 0 Å². The van der Waals surface area contributed by atoms with Gasteiger partial charge in [-0.05, 0) is 13.8 Å². The molecule has 5 nitrogen and oxygen atoms in total. The summed E-state index contributed by atoms with van der Waals surface area (Å²) >= 11 is 0. The second-order valence-corrected chi connectivity index (χ2v) is 3.81. The Morgan fingerprint density at radius 1 is 1.00 bits per heavy atom. The maximum atomic E-state index is 10.6. The van der Waals surface area contributed by atoms with Crippen LogP contribution in [0.5, 0.6) is 0 Å². The molecule has 0 aromatic carbocycles. The highest BCUT2D eigenvalue weighted by Gasteiger charge is 2.10. The number of nitrogens with zero attached hydrogens (tertiary/aromatic N) is 1. The molecule has 0 aromatic rings. The van der Waals surface area contributed by atoms with E-state index < -0.39 is 0 Å². The summed E-state index contributed by atoms with van der Waals surface area (Å²) in [6.45, 7) is 8.90. The third kappa shape index (κ3) is 8.23. The molecule has 0 radical (unpaired) electrons. The molecule has 0 unspecified atom stereocenters. The molecule has 0 amide bonds. The number of rotatable bonds is 7. The quantitative estimate of drug-likeness (QED) is 0.607. The Morgan fingerprint density at radius 3 is 1.62 bits per heavy atom. The number of carbonyl (C=O) groups excluding carboxylic acids is 2. The van der Waals surface area contributed by atoms with E-state index in [0.29, 0.717) is 32.3 Å². The van der Waals surface area contributed by atoms with Crippen LogP contribution < -0.4 is 0 Å². The Morgan fingerprint density at radius 2 is 1.38 bits per heavy atom. The van der Waals surface area contributed by atoms with Gasteiger partial charge in [0.25, 0.3) is 0 Å². The summed E-state index contributed by atoms with van der Waals surface area (Å²) in [5.74, 6) is -0.549. The Labute approximate surface area is 96.7 Å². The first-order valence-electron chi connectivity index (χ1n) is 5.44. The number of hydrogen-bond donors (Lipinski definition) is 0. The van der Waals surface area contributed by atoms with Gasteiger partial charge in [-0.15, -0.1) is 0 Å². The second-order valence-electron chi connectivity index (χ2n) is 3.81. The lowest BCUT2D eigenvalue weighted by Crippen LogP contribution is -2.37. The van der Waals surface area contributed by atoms with Crippen LogP contribution >= 0.6 is 0 Å². The maximum absolute atomic E-state index is 10.6. The standard InChI is InChI=1S/C11H21NO4/c1-9(2)12(5-7-15-10(3)13)6-8-16-11(4)14/h9H,5-8H2,1-4H3. The molecule has 0 saturated carbocycles. The third-order valence-electron chi connectivity index (χ3n) is 2.10. The minimum atomic E-state index is -0.274. The topological polar surface area (TPSA) is 55.8 Å². The van der Waals surface area contributed by atoms with Gasteiger partial charge in [0.2, 0.25) is 0 Å². The molecule has 0 aliphatic rings. The highest BCUT2D eigenvalue weighted by molar-refractivity contribution is 5.66. The zero-order valence-corrected chi connectivity index (χ0v) is 10.5. The largest absolute Gasteiger partial charge is 0.465 e. The SMILES string of the molecule is CC(=O)OCCN(CCOC(C)=O)C(C)C. The van der Waals surface area contributed by atoms with E-state index in [1.54, 1.807) is 0 Å². The summed E-state index contributed by atoms with van der Waals surface area (Å²) in [6, 6.07) is 0.325. The average Bonchev–Trinajstić information content (AvgIpc) is 2.14. The van der Waals surface area contributed by atoms with Crippen molar-refractivity contribution >= 4 is 11.9 Å². The molecule has 0 fully saturated rings. The molecule has 0 heterocycles. The molecule has 94 valence electrons. The van der Waals surface area contributed by atoms with Gasteiger partial charge in [0.05, 0.1) is 0 Å². The van der Waals surface area contributed by atoms with Crippen molar-refractivity contribution in [2.24, 2.45) is 0 Å². The van der Waals surface area contributed by atoms with Crippen molar-refractivity contribution in [2.75, 3.05) is 26.3 Å². The van der Waals surface area contributed by atoms with Gasteiger partial charge in [0.1, 0.15) is 13.2 Å². The van der Waals surface area contributed by atoms with E-state index in [0.717, 1.165) is 0 Å². The van der Waals surface area contributed by atoms with Gasteiger partial charge in [-0.2, -0.15) is 0 Å². The van der Waals surface area contributed by atoms with Crippen LogP contribution in [-0.2, 0) is 19.1 Å². The minimum Gasteiger partial charge on any atom is -0.465 e. The fourth-order valence-electron chi connectivity index (χ4n) is 1.24. The lowest BCUT2D eigenvalue weighted by Gasteiger charge is -2.25. The molecular weight excluding hydrogens is 210 g/mol. The minimum absolute atomic E-state index is 0.274.